The highest BCUT2D eigenvalue weighted by atomic mass is 16.5. The molecule has 0 aliphatic heterocycles. The standard InChI is InChI=1S/C22H16N2O3/c1-26-17-6-4-5-16(14-17)21(25)18(13-15-9-11-23-12-10-15)22-24-19-7-2-3-8-20(19)27-22/h2-14H,1H3. The van der Waals surface area contributed by atoms with Gasteiger partial charge in [-0.3, -0.25) is 9.78 Å². The Labute approximate surface area is 156 Å². The van der Waals surface area contributed by atoms with E-state index in [4.69, 9.17) is 9.15 Å². The van der Waals surface area contributed by atoms with Gasteiger partial charge in [0.25, 0.3) is 0 Å². The monoisotopic (exact) mass is 356 g/mol. The number of Topliss-reactive ketones (excluding diaryl/α,β-unsaturated/α-hetero) is 1. The molecule has 0 amide bonds. The third-order valence-corrected chi connectivity index (χ3v) is 4.12. The van der Waals surface area contributed by atoms with E-state index in [-0.39, 0.29) is 11.7 Å². The number of pyridine rings is 1. The quantitative estimate of drug-likeness (QED) is 0.384. The molecule has 0 radical (unpaired) electrons. The fraction of sp³-hybridized carbons (Fsp3) is 0.0455. The van der Waals surface area contributed by atoms with Crippen LogP contribution in [-0.4, -0.2) is 22.9 Å². The summed E-state index contributed by atoms with van der Waals surface area (Å²) in [5.41, 5.74) is 3.03. The van der Waals surface area contributed by atoms with Gasteiger partial charge >= 0.3 is 0 Å². The van der Waals surface area contributed by atoms with Crippen molar-refractivity contribution in [2.24, 2.45) is 0 Å². The van der Waals surface area contributed by atoms with Crippen molar-refractivity contribution in [3.8, 4) is 5.75 Å². The molecule has 0 N–H and O–H groups in total. The van der Waals surface area contributed by atoms with Crippen molar-refractivity contribution in [3.63, 3.8) is 0 Å². The molecule has 4 rings (SSSR count). The van der Waals surface area contributed by atoms with Crippen LogP contribution in [0.1, 0.15) is 21.8 Å². The smallest absolute Gasteiger partial charge is 0.231 e. The minimum absolute atomic E-state index is 0.197. The van der Waals surface area contributed by atoms with Crippen LogP contribution in [0, 0.1) is 0 Å². The van der Waals surface area contributed by atoms with Gasteiger partial charge in [-0.1, -0.05) is 24.3 Å². The maximum atomic E-state index is 13.3. The molecule has 2 heterocycles. The Morgan fingerprint density at radius 2 is 1.85 bits per heavy atom. The summed E-state index contributed by atoms with van der Waals surface area (Å²) in [5, 5.41) is 0. The third kappa shape index (κ3) is 3.48. The zero-order chi connectivity index (χ0) is 18.6. The number of hydrogen-bond acceptors (Lipinski definition) is 5. The minimum atomic E-state index is -0.197. The molecule has 2 aromatic carbocycles. The van der Waals surface area contributed by atoms with Gasteiger partial charge in [-0.15, -0.1) is 0 Å². The number of rotatable bonds is 5. The summed E-state index contributed by atoms with van der Waals surface area (Å²) >= 11 is 0. The molecule has 5 heteroatoms. The predicted octanol–water partition coefficient (Wildman–Crippen LogP) is 4.65. The molecule has 5 nitrogen and oxygen atoms in total. The molecule has 0 spiro atoms. The normalized spacial score (nSPS) is 11.5. The van der Waals surface area contributed by atoms with Crippen molar-refractivity contribution in [2.75, 3.05) is 7.11 Å². The van der Waals surface area contributed by atoms with Crippen molar-refractivity contribution in [1.82, 2.24) is 9.97 Å². The highest BCUT2D eigenvalue weighted by Crippen LogP contribution is 2.27. The fourth-order valence-electron chi connectivity index (χ4n) is 2.76. The Balaban J connectivity index is 1.85. The first-order valence-electron chi connectivity index (χ1n) is 8.41. The van der Waals surface area contributed by atoms with Crippen LogP contribution in [0.2, 0.25) is 0 Å². The Morgan fingerprint density at radius 3 is 2.63 bits per heavy atom. The maximum Gasteiger partial charge on any atom is 0.231 e. The second-order valence-corrected chi connectivity index (χ2v) is 5.89. The van der Waals surface area contributed by atoms with Crippen molar-refractivity contribution in [1.29, 1.82) is 0 Å². The zero-order valence-corrected chi connectivity index (χ0v) is 14.6. The second kappa shape index (κ2) is 7.25. The fourth-order valence-corrected chi connectivity index (χ4v) is 2.76. The summed E-state index contributed by atoms with van der Waals surface area (Å²) in [6, 6.07) is 18.1. The van der Waals surface area contributed by atoms with E-state index < -0.39 is 0 Å². The first kappa shape index (κ1) is 16.7. The van der Waals surface area contributed by atoms with E-state index >= 15 is 0 Å². The molecule has 0 saturated heterocycles. The molecule has 0 saturated carbocycles. The van der Waals surface area contributed by atoms with Gasteiger partial charge in [-0.2, -0.15) is 0 Å². The molecular formula is C22H16N2O3. The van der Waals surface area contributed by atoms with E-state index in [9.17, 15) is 4.79 Å². The summed E-state index contributed by atoms with van der Waals surface area (Å²) in [6.45, 7) is 0. The van der Waals surface area contributed by atoms with Crippen molar-refractivity contribution in [2.45, 2.75) is 0 Å². The van der Waals surface area contributed by atoms with Crippen LogP contribution in [-0.2, 0) is 0 Å². The lowest BCUT2D eigenvalue weighted by Crippen LogP contribution is -2.03. The number of aromatic nitrogens is 2. The van der Waals surface area contributed by atoms with Crippen LogP contribution in [0.5, 0.6) is 5.75 Å². The second-order valence-electron chi connectivity index (χ2n) is 5.89. The van der Waals surface area contributed by atoms with Gasteiger partial charge in [0.05, 0.1) is 12.7 Å². The van der Waals surface area contributed by atoms with Crippen LogP contribution < -0.4 is 4.74 Å². The lowest BCUT2D eigenvalue weighted by Gasteiger charge is -2.06. The van der Waals surface area contributed by atoms with E-state index in [0.29, 0.717) is 28.0 Å². The molecular weight excluding hydrogens is 340 g/mol. The van der Waals surface area contributed by atoms with Crippen LogP contribution in [0.4, 0.5) is 0 Å². The largest absolute Gasteiger partial charge is 0.497 e. The average molecular weight is 356 g/mol. The molecule has 0 atom stereocenters. The van der Waals surface area contributed by atoms with Crippen molar-refractivity contribution in [3.05, 3.63) is 90.1 Å². The number of benzene rings is 2. The molecule has 4 aromatic rings. The molecule has 0 bridgehead atoms. The molecule has 2 aromatic heterocycles. The van der Waals surface area contributed by atoms with Crippen LogP contribution in [0.15, 0.2) is 77.5 Å². The summed E-state index contributed by atoms with van der Waals surface area (Å²) in [6.07, 6.45) is 5.10. The van der Waals surface area contributed by atoms with Gasteiger partial charge in [0.2, 0.25) is 5.89 Å². The van der Waals surface area contributed by atoms with Gasteiger partial charge in [0.1, 0.15) is 11.3 Å². The molecule has 0 aliphatic carbocycles. The average Bonchev–Trinajstić information content (AvgIpc) is 3.16. The Hall–Kier alpha value is -3.73. The summed E-state index contributed by atoms with van der Waals surface area (Å²) in [5.74, 6) is 0.694. The first-order valence-corrected chi connectivity index (χ1v) is 8.41. The third-order valence-electron chi connectivity index (χ3n) is 4.12. The van der Waals surface area contributed by atoms with Gasteiger partial charge in [0.15, 0.2) is 11.4 Å². The van der Waals surface area contributed by atoms with Crippen LogP contribution >= 0.6 is 0 Å². The van der Waals surface area contributed by atoms with Crippen LogP contribution in [0.25, 0.3) is 22.7 Å². The SMILES string of the molecule is COc1cccc(C(=O)C(=Cc2ccncc2)c2nc3ccccc3o2)c1. The molecule has 27 heavy (non-hydrogen) atoms. The summed E-state index contributed by atoms with van der Waals surface area (Å²) in [4.78, 5) is 21.8. The highest BCUT2D eigenvalue weighted by Gasteiger charge is 2.20. The number of methoxy groups -OCH3 is 1. The molecule has 0 aliphatic rings. The minimum Gasteiger partial charge on any atom is -0.497 e. The Bertz CT molecular complexity index is 1100. The number of carbonyl (C=O) groups excluding carboxylic acids is 1. The van der Waals surface area contributed by atoms with E-state index in [2.05, 4.69) is 9.97 Å². The van der Waals surface area contributed by atoms with Gasteiger partial charge < -0.3 is 9.15 Å². The number of carbonyl (C=O) groups is 1. The topological polar surface area (TPSA) is 65.2 Å². The lowest BCUT2D eigenvalue weighted by molar-refractivity contribution is 0.105. The molecule has 0 fully saturated rings. The highest BCUT2D eigenvalue weighted by molar-refractivity contribution is 6.31. The number of ketones is 1. The number of ether oxygens (including phenoxy) is 1. The number of oxazole rings is 1. The maximum absolute atomic E-state index is 13.3. The number of fused-ring (bicyclic) bond motifs is 1. The Morgan fingerprint density at radius 1 is 1.04 bits per heavy atom. The van der Waals surface area contributed by atoms with Crippen molar-refractivity contribution < 1.29 is 13.9 Å². The zero-order valence-electron chi connectivity index (χ0n) is 14.6. The van der Waals surface area contributed by atoms with E-state index in [0.717, 1.165) is 5.56 Å². The van der Waals surface area contributed by atoms with Crippen molar-refractivity contribution >= 4 is 28.5 Å². The molecule has 0 unspecified atom stereocenters. The summed E-state index contributed by atoms with van der Waals surface area (Å²) < 4.78 is 11.1. The predicted molar refractivity (Wildman–Crippen MR) is 103 cm³/mol. The first-order chi connectivity index (χ1) is 13.2. The Kier molecular flexibility index (Phi) is 4.49. The van der Waals surface area contributed by atoms with Gasteiger partial charge in [0, 0.05) is 18.0 Å². The van der Waals surface area contributed by atoms with Gasteiger partial charge in [-0.05, 0) is 48.0 Å². The van der Waals surface area contributed by atoms with Crippen LogP contribution in [0.3, 0.4) is 0 Å². The molecule has 132 valence electrons. The van der Waals surface area contributed by atoms with E-state index in [1.165, 1.54) is 0 Å². The number of hydrogen-bond donors (Lipinski definition) is 0. The van der Waals surface area contributed by atoms with E-state index in [1.807, 2.05) is 36.4 Å². The number of allylic oxidation sites excluding steroid dienone is 1. The lowest BCUT2D eigenvalue weighted by atomic mass is 10.0. The summed E-state index contributed by atoms with van der Waals surface area (Å²) in [7, 11) is 1.57. The van der Waals surface area contributed by atoms with E-state index in [1.54, 1.807) is 49.8 Å². The number of para-hydroxylation sites is 2. The van der Waals surface area contributed by atoms with Gasteiger partial charge in [-0.25, -0.2) is 4.98 Å². The number of nitrogens with zero attached hydrogens (tertiary/aromatic N) is 2.